The number of benzene rings is 1. The molecule has 0 radical (unpaired) electrons. The van der Waals surface area contributed by atoms with E-state index >= 15 is 0 Å². The quantitative estimate of drug-likeness (QED) is 0.686. The second-order valence-electron chi connectivity index (χ2n) is 3.43. The van der Waals surface area contributed by atoms with Crippen molar-refractivity contribution >= 4 is 16.8 Å². The number of rotatable bonds is 4. The molecular formula is C11H13N3O. The first-order valence-electron chi connectivity index (χ1n) is 4.81. The zero-order valence-electron chi connectivity index (χ0n) is 8.29. The predicted octanol–water partition coefficient (Wildman–Crippen LogP) is 0.743. The summed E-state index contributed by atoms with van der Waals surface area (Å²) in [5.41, 5.74) is 7.29. The third kappa shape index (κ3) is 2.16. The van der Waals surface area contributed by atoms with Crippen LogP contribution in [0.1, 0.15) is 5.56 Å². The fraction of sp³-hybridized carbons (Fsp3) is 0.182. The summed E-state index contributed by atoms with van der Waals surface area (Å²) in [5, 5.41) is 4.16. The standard InChI is InChI=1S/C11H13N3O/c12-11(15)7-13-5-8-6-14-10-4-2-1-3-9(8)10/h1-4,6,13-14H,5,7H2,(H2,12,15). The Bertz CT molecular complexity index is 475. The molecule has 2 rings (SSSR count). The number of hydrogen-bond donors (Lipinski definition) is 3. The third-order valence-corrected chi connectivity index (χ3v) is 2.29. The molecule has 1 aromatic carbocycles. The number of amides is 1. The number of carbonyl (C=O) groups excluding carboxylic acids is 1. The normalized spacial score (nSPS) is 10.7. The van der Waals surface area contributed by atoms with E-state index < -0.39 is 0 Å². The van der Waals surface area contributed by atoms with Crippen LogP contribution < -0.4 is 11.1 Å². The molecule has 2 aromatic rings. The summed E-state index contributed by atoms with van der Waals surface area (Å²) in [7, 11) is 0. The molecule has 78 valence electrons. The van der Waals surface area contributed by atoms with Gasteiger partial charge in [-0.2, -0.15) is 0 Å². The van der Waals surface area contributed by atoms with Gasteiger partial charge in [0.05, 0.1) is 6.54 Å². The molecule has 0 atom stereocenters. The van der Waals surface area contributed by atoms with Crippen molar-refractivity contribution in [1.82, 2.24) is 10.3 Å². The van der Waals surface area contributed by atoms with Gasteiger partial charge in [0.25, 0.3) is 0 Å². The molecule has 4 nitrogen and oxygen atoms in total. The SMILES string of the molecule is NC(=O)CNCc1c[nH]c2ccccc12. The van der Waals surface area contributed by atoms with Gasteiger partial charge in [-0.15, -0.1) is 0 Å². The van der Waals surface area contributed by atoms with E-state index in [1.807, 2.05) is 30.5 Å². The molecule has 15 heavy (non-hydrogen) atoms. The van der Waals surface area contributed by atoms with Crippen molar-refractivity contribution in [2.24, 2.45) is 5.73 Å². The lowest BCUT2D eigenvalue weighted by Gasteiger charge is -2.00. The largest absolute Gasteiger partial charge is 0.369 e. The fourth-order valence-corrected chi connectivity index (χ4v) is 1.60. The Morgan fingerprint density at radius 2 is 2.20 bits per heavy atom. The lowest BCUT2D eigenvalue weighted by Crippen LogP contribution is -2.27. The monoisotopic (exact) mass is 203 g/mol. The molecule has 1 aromatic heterocycles. The first-order chi connectivity index (χ1) is 7.27. The second-order valence-corrected chi connectivity index (χ2v) is 3.43. The van der Waals surface area contributed by atoms with Gasteiger partial charge in [0, 0.05) is 23.6 Å². The van der Waals surface area contributed by atoms with Crippen molar-refractivity contribution in [3.63, 3.8) is 0 Å². The maximum atomic E-state index is 10.5. The summed E-state index contributed by atoms with van der Waals surface area (Å²) in [5.74, 6) is -0.338. The zero-order chi connectivity index (χ0) is 10.7. The third-order valence-electron chi connectivity index (χ3n) is 2.29. The van der Waals surface area contributed by atoms with Crippen LogP contribution >= 0.6 is 0 Å². The first kappa shape index (κ1) is 9.73. The zero-order valence-corrected chi connectivity index (χ0v) is 8.29. The molecule has 4 heteroatoms. The maximum Gasteiger partial charge on any atom is 0.231 e. The van der Waals surface area contributed by atoms with Crippen LogP contribution in [0.3, 0.4) is 0 Å². The summed E-state index contributed by atoms with van der Waals surface area (Å²) in [4.78, 5) is 13.7. The van der Waals surface area contributed by atoms with Gasteiger partial charge in [0.15, 0.2) is 0 Å². The molecule has 0 unspecified atom stereocenters. The minimum Gasteiger partial charge on any atom is -0.369 e. The lowest BCUT2D eigenvalue weighted by molar-refractivity contribution is -0.117. The highest BCUT2D eigenvalue weighted by Crippen LogP contribution is 2.16. The number of aromatic amines is 1. The Hall–Kier alpha value is -1.81. The van der Waals surface area contributed by atoms with E-state index in [-0.39, 0.29) is 12.5 Å². The van der Waals surface area contributed by atoms with Gasteiger partial charge in [0.2, 0.25) is 5.91 Å². The number of para-hydroxylation sites is 1. The lowest BCUT2D eigenvalue weighted by atomic mass is 10.2. The van der Waals surface area contributed by atoms with Gasteiger partial charge in [-0.1, -0.05) is 18.2 Å². The predicted molar refractivity (Wildman–Crippen MR) is 59.2 cm³/mol. The van der Waals surface area contributed by atoms with Crippen LogP contribution in [0.4, 0.5) is 0 Å². The van der Waals surface area contributed by atoms with Crippen molar-refractivity contribution in [3.8, 4) is 0 Å². The van der Waals surface area contributed by atoms with Crippen LogP contribution in [0.5, 0.6) is 0 Å². The van der Waals surface area contributed by atoms with Crippen molar-refractivity contribution in [3.05, 3.63) is 36.0 Å². The van der Waals surface area contributed by atoms with Gasteiger partial charge in [-0.3, -0.25) is 4.79 Å². The van der Waals surface area contributed by atoms with Gasteiger partial charge in [-0.05, 0) is 11.6 Å². The molecule has 0 aliphatic carbocycles. The van der Waals surface area contributed by atoms with Crippen molar-refractivity contribution in [1.29, 1.82) is 0 Å². The number of carbonyl (C=O) groups is 1. The van der Waals surface area contributed by atoms with E-state index in [2.05, 4.69) is 10.3 Å². The first-order valence-corrected chi connectivity index (χ1v) is 4.81. The molecule has 0 bridgehead atoms. The molecular weight excluding hydrogens is 190 g/mol. The van der Waals surface area contributed by atoms with Gasteiger partial charge >= 0.3 is 0 Å². The van der Waals surface area contributed by atoms with Crippen molar-refractivity contribution in [2.75, 3.05) is 6.54 Å². The highest BCUT2D eigenvalue weighted by atomic mass is 16.1. The average Bonchev–Trinajstić information content (AvgIpc) is 2.62. The summed E-state index contributed by atoms with van der Waals surface area (Å²) < 4.78 is 0. The number of nitrogens with two attached hydrogens (primary N) is 1. The Labute approximate surface area is 87.5 Å². The molecule has 0 aliphatic rings. The molecule has 0 saturated carbocycles. The van der Waals surface area contributed by atoms with Crippen molar-refractivity contribution < 1.29 is 4.79 Å². The van der Waals surface area contributed by atoms with Crippen LogP contribution in [-0.4, -0.2) is 17.4 Å². The Kier molecular flexibility index (Phi) is 2.69. The number of H-pyrrole nitrogens is 1. The van der Waals surface area contributed by atoms with Crippen molar-refractivity contribution in [2.45, 2.75) is 6.54 Å². The highest BCUT2D eigenvalue weighted by Gasteiger charge is 2.02. The highest BCUT2D eigenvalue weighted by molar-refractivity contribution is 5.83. The van der Waals surface area contributed by atoms with Crippen LogP contribution in [0.25, 0.3) is 10.9 Å². The van der Waals surface area contributed by atoms with E-state index in [4.69, 9.17) is 5.73 Å². The van der Waals surface area contributed by atoms with Gasteiger partial charge < -0.3 is 16.0 Å². The topological polar surface area (TPSA) is 70.9 Å². The summed E-state index contributed by atoms with van der Waals surface area (Å²) in [6, 6.07) is 8.05. The molecule has 0 aliphatic heterocycles. The Balaban J connectivity index is 2.11. The van der Waals surface area contributed by atoms with E-state index in [0.717, 1.165) is 11.1 Å². The van der Waals surface area contributed by atoms with E-state index in [1.165, 1.54) is 5.39 Å². The Morgan fingerprint density at radius 3 is 3.00 bits per heavy atom. The van der Waals surface area contributed by atoms with E-state index in [9.17, 15) is 4.79 Å². The van der Waals surface area contributed by atoms with Crippen LogP contribution in [0.15, 0.2) is 30.5 Å². The summed E-state index contributed by atoms with van der Waals surface area (Å²) >= 11 is 0. The molecule has 4 N–H and O–H groups in total. The van der Waals surface area contributed by atoms with Crippen LogP contribution in [0, 0.1) is 0 Å². The van der Waals surface area contributed by atoms with Crippen LogP contribution in [-0.2, 0) is 11.3 Å². The second kappa shape index (κ2) is 4.14. The maximum absolute atomic E-state index is 10.5. The number of nitrogens with one attached hydrogen (secondary N) is 2. The molecule has 0 saturated heterocycles. The number of aromatic nitrogens is 1. The summed E-state index contributed by atoms with van der Waals surface area (Å²) in [6.07, 6.45) is 1.94. The number of fused-ring (bicyclic) bond motifs is 1. The molecule has 0 spiro atoms. The average molecular weight is 203 g/mol. The minimum atomic E-state index is -0.338. The molecule has 0 fully saturated rings. The van der Waals surface area contributed by atoms with Gasteiger partial charge in [0.1, 0.15) is 0 Å². The summed E-state index contributed by atoms with van der Waals surface area (Å²) in [6.45, 7) is 0.854. The smallest absolute Gasteiger partial charge is 0.231 e. The molecule has 1 heterocycles. The minimum absolute atomic E-state index is 0.208. The fourth-order valence-electron chi connectivity index (χ4n) is 1.60. The Morgan fingerprint density at radius 1 is 1.40 bits per heavy atom. The van der Waals surface area contributed by atoms with E-state index in [0.29, 0.717) is 6.54 Å². The van der Waals surface area contributed by atoms with Gasteiger partial charge in [-0.25, -0.2) is 0 Å². The van der Waals surface area contributed by atoms with E-state index in [1.54, 1.807) is 0 Å². The number of primary amides is 1. The van der Waals surface area contributed by atoms with Crippen LogP contribution in [0.2, 0.25) is 0 Å². The number of hydrogen-bond acceptors (Lipinski definition) is 2. The molecule has 1 amide bonds.